The van der Waals surface area contributed by atoms with Crippen molar-refractivity contribution in [2.24, 2.45) is 5.92 Å². The Hall–Kier alpha value is -1.95. The highest BCUT2D eigenvalue weighted by Crippen LogP contribution is 2.29. The molecule has 23 heavy (non-hydrogen) atoms. The summed E-state index contributed by atoms with van der Waals surface area (Å²) in [5.41, 5.74) is 1.29. The van der Waals surface area contributed by atoms with E-state index in [1.807, 2.05) is 0 Å². The lowest BCUT2D eigenvalue weighted by Gasteiger charge is -2.19. The van der Waals surface area contributed by atoms with Gasteiger partial charge in [-0.05, 0) is 38.0 Å². The molecular formula is C17H20N2O3S. The number of ether oxygens (including phenoxy) is 1. The Bertz CT molecular complexity index is 720. The Balaban J connectivity index is 1.74. The number of nitrogens with one attached hydrogen (secondary N) is 1. The number of esters is 1. The summed E-state index contributed by atoms with van der Waals surface area (Å²) in [5.74, 6) is -0.171. The Morgan fingerprint density at radius 1 is 1.30 bits per heavy atom. The van der Waals surface area contributed by atoms with Crippen LogP contribution >= 0.6 is 11.3 Å². The third-order valence-corrected chi connectivity index (χ3v) is 5.04. The predicted molar refractivity (Wildman–Crippen MR) is 90.8 cm³/mol. The molecule has 0 saturated heterocycles. The number of amides is 1. The van der Waals surface area contributed by atoms with Gasteiger partial charge in [0.1, 0.15) is 0 Å². The lowest BCUT2D eigenvalue weighted by molar-refractivity contribution is -0.120. The Labute approximate surface area is 139 Å². The van der Waals surface area contributed by atoms with Gasteiger partial charge in [-0.1, -0.05) is 30.6 Å². The minimum absolute atomic E-state index is 0.0642. The van der Waals surface area contributed by atoms with Crippen LogP contribution in [0.25, 0.3) is 10.2 Å². The molecule has 0 radical (unpaired) electrons. The van der Waals surface area contributed by atoms with Crippen LogP contribution in [0.5, 0.6) is 0 Å². The molecule has 1 aromatic carbocycles. The molecule has 1 saturated carbocycles. The highest BCUT2D eigenvalue weighted by Gasteiger charge is 2.22. The van der Waals surface area contributed by atoms with Gasteiger partial charge in [0, 0.05) is 5.92 Å². The Morgan fingerprint density at radius 3 is 2.83 bits per heavy atom. The van der Waals surface area contributed by atoms with Gasteiger partial charge in [0.2, 0.25) is 5.91 Å². The average Bonchev–Trinajstić information content (AvgIpc) is 2.97. The Kier molecular flexibility index (Phi) is 4.91. The van der Waals surface area contributed by atoms with Crippen LogP contribution in [0.2, 0.25) is 0 Å². The summed E-state index contributed by atoms with van der Waals surface area (Å²) >= 11 is 1.39. The van der Waals surface area contributed by atoms with Crippen molar-refractivity contribution in [3.8, 4) is 0 Å². The van der Waals surface area contributed by atoms with Crippen LogP contribution in [0.15, 0.2) is 18.2 Å². The number of rotatable bonds is 4. The predicted octanol–water partition coefficient (Wildman–Crippen LogP) is 3.99. The number of hydrogen-bond donors (Lipinski definition) is 1. The van der Waals surface area contributed by atoms with E-state index in [0.29, 0.717) is 17.3 Å². The molecule has 1 aromatic heterocycles. The van der Waals surface area contributed by atoms with Crippen molar-refractivity contribution in [3.05, 3.63) is 23.8 Å². The van der Waals surface area contributed by atoms with Gasteiger partial charge in [-0.3, -0.25) is 4.79 Å². The van der Waals surface area contributed by atoms with E-state index >= 15 is 0 Å². The molecule has 3 rings (SSSR count). The van der Waals surface area contributed by atoms with E-state index < -0.39 is 0 Å². The average molecular weight is 332 g/mol. The van der Waals surface area contributed by atoms with Crippen LogP contribution in [-0.4, -0.2) is 23.5 Å². The van der Waals surface area contributed by atoms with E-state index in [-0.39, 0.29) is 17.8 Å². The number of carbonyl (C=O) groups is 2. The maximum Gasteiger partial charge on any atom is 0.338 e. The van der Waals surface area contributed by atoms with Gasteiger partial charge in [0.25, 0.3) is 0 Å². The molecule has 1 aliphatic rings. The lowest BCUT2D eigenvalue weighted by Crippen LogP contribution is -2.24. The molecule has 0 spiro atoms. The first-order chi connectivity index (χ1) is 11.2. The Morgan fingerprint density at radius 2 is 2.09 bits per heavy atom. The third kappa shape index (κ3) is 3.69. The highest BCUT2D eigenvalue weighted by molar-refractivity contribution is 7.22. The van der Waals surface area contributed by atoms with Gasteiger partial charge in [-0.25, -0.2) is 9.78 Å². The van der Waals surface area contributed by atoms with Crippen LogP contribution in [0.4, 0.5) is 5.13 Å². The molecule has 1 fully saturated rings. The van der Waals surface area contributed by atoms with Crippen molar-refractivity contribution in [2.75, 3.05) is 11.9 Å². The molecule has 0 unspecified atom stereocenters. The zero-order valence-electron chi connectivity index (χ0n) is 13.1. The lowest BCUT2D eigenvalue weighted by atomic mass is 9.89. The molecule has 122 valence electrons. The summed E-state index contributed by atoms with van der Waals surface area (Å²) in [6, 6.07) is 5.25. The summed E-state index contributed by atoms with van der Waals surface area (Å²) < 4.78 is 5.87. The fraction of sp³-hybridized carbons (Fsp3) is 0.471. The van der Waals surface area contributed by atoms with Gasteiger partial charge >= 0.3 is 5.97 Å². The number of aromatic nitrogens is 1. The van der Waals surface area contributed by atoms with Gasteiger partial charge in [-0.15, -0.1) is 0 Å². The number of thiazole rings is 1. The second-order valence-corrected chi connectivity index (χ2v) is 6.78. The first-order valence-electron chi connectivity index (χ1n) is 8.06. The third-order valence-electron chi connectivity index (χ3n) is 4.11. The van der Waals surface area contributed by atoms with E-state index in [2.05, 4.69) is 10.3 Å². The van der Waals surface area contributed by atoms with E-state index in [0.717, 1.165) is 35.9 Å². The second-order valence-electron chi connectivity index (χ2n) is 5.75. The zero-order chi connectivity index (χ0) is 16.2. The summed E-state index contributed by atoms with van der Waals surface area (Å²) in [6.07, 6.45) is 5.40. The molecule has 2 aromatic rings. The topological polar surface area (TPSA) is 68.3 Å². The zero-order valence-corrected chi connectivity index (χ0v) is 13.9. The second kappa shape index (κ2) is 7.08. The van der Waals surface area contributed by atoms with Crippen molar-refractivity contribution >= 4 is 38.6 Å². The van der Waals surface area contributed by atoms with E-state index in [9.17, 15) is 9.59 Å². The summed E-state index contributed by atoms with van der Waals surface area (Å²) in [6.45, 7) is 2.13. The number of anilines is 1. The fourth-order valence-electron chi connectivity index (χ4n) is 2.89. The minimum atomic E-state index is -0.337. The molecule has 0 aliphatic heterocycles. The quantitative estimate of drug-likeness (QED) is 0.860. The van der Waals surface area contributed by atoms with Crippen molar-refractivity contribution in [1.82, 2.24) is 4.98 Å². The molecular weight excluding hydrogens is 312 g/mol. The molecule has 1 aliphatic carbocycles. The van der Waals surface area contributed by atoms with Gasteiger partial charge in [0.05, 0.1) is 22.4 Å². The fourth-order valence-corrected chi connectivity index (χ4v) is 3.80. The molecule has 1 heterocycles. The smallest absolute Gasteiger partial charge is 0.338 e. The first-order valence-corrected chi connectivity index (χ1v) is 8.87. The monoisotopic (exact) mass is 332 g/mol. The molecule has 5 nitrogen and oxygen atoms in total. The van der Waals surface area contributed by atoms with E-state index in [1.54, 1.807) is 25.1 Å². The molecule has 1 amide bonds. The number of fused-ring (bicyclic) bond motifs is 1. The summed E-state index contributed by atoms with van der Waals surface area (Å²) in [4.78, 5) is 28.5. The van der Waals surface area contributed by atoms with Crippen molar-refractivity contribution in [2.45, 2.75) is 39.0 Å². The summed E-state index contributed by atoms with van der Waals surface area (Å²) in [7, 11) is 0. The number of benzene rings is 1. The maximum absolute atomic E-state index is 12.3. The first kappa shape index (κ1) is 15.9. The van der Waals surface area contributed by atoms with Crippen molar-refractivity contribution < 1.29 is 14.3 Å². The van der Waals surface area contributed by atoms with Crippen LogP contribution < -0.4 is 5.32 Å². The SMILES string of the molecule is CCOC(=O)c1ccc2nc(NC(=O)C3CCCCC3)sc2c1. The molecule has 0 bridgehead atoms. The van der Waals surface area contributed by atoms with Crippen LogP contribution in [0.3, 0.4) is 0 Å². The van der Waals surface area contributed by atoms with Crippen molar-refractivity contribution in [1.29, 1.82) is 0 Å². The van der Waals surface area contributed by atoms with Gasteiger partial charge in [0.15, 0.2) is 5.13 Å². The molecule has 1 N–H and O–H groups in total. The number of hydrogen-bond acceptors (Lipinski definition) is 5. The van der Waals surface area contributed by atoms with Crippen LogP contribution in [0.1, 0.15) is 49.4 Å². The van der Waals surface area contributed by atoms with E-state index in [4.69, 9.17) is 4.74 Å². The number of carbonyl (C=O) groups excluding carboxylic acids is 2. The normalized spacial score (nSPS) is 15.5. The largest absolute Gasteiger partial charge is 0.462 e. The van der Waals surface area contributed by atoms with E-state index in [1.165, 1.54) is 17.8 Å². The molecule has 6 heteroatoms. The van der Waals surface area contributed by atoms with Gasteiger partial charge < -0.3 is 10.1 Å². The highest BCUT2D eigenvalue weighted by atomic mass is 32.1. The molecule has 0 atom stereocenters. The van der Waals surface area contributed by atoms with Crippen LogP contribution in [0, 0.1) is 5.92 Å². The summed E-state index contributed by atoms with van der Waals surface area (Å²) in [5, 5.41) is 3.52. The number of nitrogens with zero attached hydrogens (tertiary/aromatic N) is 1. The van der Waals surface area contributed by atoms with Crippen molar-refractivity contribution in [3.63, 3.8) is 0 Å². The van der Waals surface area contributed by atoms with Gasteiger partial charge in [-0.2, -0.15) is 0 Å². The standard InChI is InChI=1S/C17H20N2O3S/c1-2-22-16(21)12-8-9-13-14(10-12)23-17(18-13)19-15(20)11-6-4-3-5-7-11/h8-11H,2-7H2,1H3,(H,18,19,20). The minimum Gasteiger partial charge on any atom is -0.462 e. The van der Waals surface area contributed by atoms with Crippen LogP contribution in [-0.2, 0) is 9.53 Å². The maximum atomic E-state index is 12.3.